The van der Waals surface area contributed by atoms with Crippen molar-refractivity contribution < 1.29 is 9.13 Å². The number of benzene rings is 1. The molecule has 1 fully saturated rings. The molecule has 0 spiro atoms. The van der Waals surface area contributed by atoms with E-state index in [0.29, 0.717) is 25.4 Å². The van der Waals surface area contributed by atoms with E-state index in [1.165, 1.54) is 0 Å². The fraction of sp³-hybridized carbons (Fsp3) is 0.381. The summed E-state index contributed by atoms with van der Waals surface area (Å²) in [6, 6.07) is 5.24. The van der Waals surface area contributed by atoms with Crippen molar-refractivity contribution in [2.45, 2.75) is 19.6 Å². The Labute approximate surface area is 198 Å². The molecular formula is C21H27FIN7O. The average Bonchev–Trinajstić information content (AvgIpc) is 3.37. The van der Waals surface area contributed by atoms with Crippen LogP contribution in [0, 0.1) is 12.7 Å². The summed E-state index contributed by atoms with van der Waals surface area (Å²) in [4.78, 5) is 10.7. The predicted molar refractivity (Wildman–Crippen MR) is 127 cm³/mol. The zero-order chi connectivity index (χ0) is 21.1. The van der Waals surface area contributed by atoms with Crippen LogP contribution in [-0.2, 0) is 18.3 Å². The van der Waals surface area contributed by atoms with Gasteiger partial charge in [0, 0.05) is 51.3 Å². The van der Waals surface area contributed by atoms with Gasteiger partial charge in [0.05, 0.1) is 25.0 Å². The van der Waals surface area contributed by atoms with Gasteiger partial charge < -0.3 is 19.5 Å². The first-order chi connectivity index (χ1) is 14.5. The van der Waals surface area contributed by atoms with Gasteiger partial charge in [-0.2, -0.15) is 5.10 Å². The van der Waals surface area contributed by atoms with Crippen LogP contribution in [-0.4, -0.2) is 56.9 Å². The van der Waals surface area contributed by atoms with Gasteiger partial charge in [-0.25, -0.2) is 9.37 Å². The number of hydrogen-bond donors (Lipinski definition) is 1. The first-order valence-electron chi connectivity index (χ1n) is 9.89. The van der Waals surface area contributed by atoms with E-state index in [0.717, 1.165) is 29.5 Å². The van der Waals surface area contributed by atoms with E-state index in [1.54, 1.807) is 40.8 Å². The van der Waals surface area contributed by atoms with Gasteiger partial charge in [0.1, 0.15) is 17.7 Å². The molecule has 1 unspecified atom stereocenters. The van der Waals surface area contributed by atoms with Crippen molar-refractivity contribution in [3.05, 3.63) is 65.8 Å². The van der Waals surface area contributed by atoms with E-state index in [2.05, 4.69) is 25.3 Å². The van der Waals surface area contributed by atoms with E-state index in [4.69, 9.17) is 4.74 Å². The zero-order valence-electron chi connectivity index (χ0n) is 17.8. The summed E-state index contributed by atoms with van der Waals surface area (Å²) < 4.78 is 24.1. The number of nitrogens with one attached hydrogen (secondary N) is 1. The van der Waals surface area contributed by atoms with Crippen molar-refractivity contribution in [1.29, 1.82) is 0 Å². The molecule has 31 heavy (non-hydrogen) atoms. The van der Waals surface area contributed by atoms with Crippen molar-refractivity contribution >= 4 is 29.9 Å². The van der Waals surface area contributed by atoms with Crippen molar-refractivity contribution in [3.8, 4) is 5.69 Å². The highest BCUT2D eigenvalue weighted by Gasteiger charge is 2.25. The molecule has 1 atom stereocenters. The van der Waals surface area contributed by atoms with Crippen LogP contribution >= 0.6 is 24.0 Å². The summed E-state index contributed by atoms with van der Waals surface area (Å²) in [5.74, 6) is 1.23. The molecule has 10 heteroatoms. The topological polar surface area (TPSA) is 72.5 Å². The molecule has 8 nitrogen and oxygen atoms in total. The Morgan fingerprint density at radius 3 is 2.87 bits per heavy atom. The lowest BCUT2D eigenvalue weighted by Gasteiger charge is -2.34. The van der Waals surface area contributed by atoms with Crippen LogP contribution in [0.2, 0.25) is 0 Å². The molecule has 0 saturated carbocycles. The number of rotatable bonds is 4. The number of aromatic nitrogens is 4. The summed E-state index contributed by atoms with van der Waals surface area (Å²) in [5, 5.41) is 7.57. The number of guanidine groups is 1. The molecule has 3 heterocycles. The second kappa shape index (κ2) is 10.2. The quantitative estimate of drug-likeness (QED) is 0.314. The molecule has 166 valence electrons. The van der Waals surface area contributed by atoms with Crippen LogP contribution in [0.15, 0.2) is 48.0 Å². The number of hydrogen-bond acceptors (Lipinski definition) is 4. The number of ether oxygens (including phenoxy) is 1. The van der Waals surface area contributed by atoms with Gasteiger partial charge in [0.2, 0.25) is 0 Å². The van der Waals surface area contributed by atoms with Gasteiger partial charge in [-0.3, -0.25) is 9.67 Å². The highest BCUT2D eigenvalue weighted by atomic mass is 127. The average molecular weight is 539 g/mol. The Balaban J connectivity index is 0.00000272. The lowest BCUT2D eigenvalue weighted by Crippen LogP contribution is -2.47. The molecule has 1 saturated heterocycles. The van der Waals surface area contributed by atoms with E-state index in [9.17, 15) is 4.39 Å². The minimum Gasteiger partial charge on any atom is -0.370 e. The van der Waals surface area contributed by atoms with Gasteiger partial charge in [-0.05, 0) is 24.6 Å². The van der Waals surface area contributed by atoms with Crippen molar-refractivity contribution in [3.63, 3.8) is 0 Å². The van der Waals surface area contributed by atoms with Crippen molar-refractivity contribution in [1.82, 2.24) is 29.5 Å². The molecular weight excluding hydrogens is 512 g/mol. The van der Waals surface area contributed by atoms with Gasteiger partial charge in [0.15, 0.2) is 5.96 Å². The number of morpholine rings is 1. The normalized spacial score (nSPS) is 16.8. The van der Waals surface area contributed by atoms with Crippen LogP contribution in [0.4, 0.5) is 4.39 Å². The fourth-order valence-electron chi connectivity index (χ4n) is 3.65. The third-order valence-corrected chi connectivity index (χ3v) is 5.22. The summed E-state index contributed by atoms with van der Waals surface area (Å²) in [6.45, 7) is 4.34. The van der Waals surface area contributed by atoms with E-state index in [-0.39, 0.29) is 35.9 Å². The molecule has 0 aliphatic carbocycles. The Morgan fingerprint density at radius 1 is 1.39 bits per heavy atom. The standard InChI is InChI=1S/C21H26FN7O.HI/c1-15-24-6-7-29(15)19-5-4-16(10-18(19)22)11-25-21(23-2)28-8-9-30-20(14-28)17-12-26-27(3)13-17;/h4-7,10,12-13,20H,8-9,11,14H2,1-3H3,(H,23,25);1H. The maximum absolute atomic E-state index is 14.7. The molecule has 1 aromatic carbocycles. The summed E-state index contributed by atoms with van der Waals surface area (Å²) >= 11 is 0. The van der Waals surface area contributed by atoms with Gasteiger partial charge in [0.25, 0.3) is 0 Å². The number of nitrogens with zero attached hydrogens (tertiary/aromatic N) is 6. The van der Waals surface area contributed by atoms with Gasteiger partial charge in [-0.1, -0.05) is 6.07 Å². The minimum atomic E-state index is -0.284. The second-order valence-corrected chi connectivity index (χ2v) is 7.28. The third-order valence-electron chi connectivity index (χ3n) is 5.22. The SMILES string of the molecule is CN=C(NCc1ccc(-n2ccnc2C)c(F)c1)N1CCOC(c2cnn(C)c2)C1.I. The molecule has 4 rings (SSSR count). The monoisotopic (exact) mass is 539 g/mol. The molecule has 2 aromatic heterocycles. The maximum atomic E-state index is 14.7. The lowest BCUT2D eigenvalue weighted by atomic mass is 10.1. The predicted octanol–water partition coefficient (Wildman–Crippen LogP) is 2.82. The van der Waals surface area contributed by atoms with Gasteiger partial charge in [-0.15, -0.1) is 24.0 Å². The largest absolute Gasteiger partial charge is 0.370 e. The van der Waals surface area contributed by atoms with E-state index >= 15 is 0 Å². The van der Waals surface area contributed by atoms with Crippen LogP contribution in [0.3, 0.4) is 0 Å². The highest BCUT2D eigenvalue weighted by Crippen LogP contribution is 2.22. The molecule has 3 aromatic rings. The zero-order valence-corrected chi connectivity index (χ0v) is 20.2. The van der Waals surface area contributed by atoms with Crippen molar-refractivity contribution in [2.75, 3.05) is 26.7 Å². The Hall–Kier alpha value is -2.47. The molecule has 0 amide bonds. The highest BCUT2D eigenvalue weighted by molar-refractivity contribution is 14.0. The lowest BCUT2D eigenvalue weighted by molar-refractivity contribution is -0.00805. The Morgan fingerprint density at radius 2 is 2.23 bits per heavy atom. The Kier molecular flexibility index (Phi) is 7.65. The minimum absolute atomic E-state index is 0. The summed E-state index contributed by atoms with van der Waals surface area (Å²) in [5.41, 5.74) is 2.38. The number of halogens is 2. The summed E-state index contributed by atoms with van der Waals surface area (Å²) in [6.07, 6.45) is 7.16. The van der Waals surface area contributed by atoms with Crippen LogP contribution in [0.5, 0.6) is 0 Å². The molecule has 0 bridgehead atoms. The molecule has 1 N–H and O–H groups in total. The third kappa shape index (κ3) is 5.24. The first kappa shape index (κ1) is 23.2. The number of aryl methyl sites for hydroxylation is 2. The Bertz CT molecular complexity index is 1050. The molecule has 1 aliphatic heterocycles. The smallest absolute Gasteiger partial charge is 0.194 e. The number of aliphatic imine (C=N–C) groups is 1. The van der Waals surface area contributed by atoms with Crippen LogP contribution in [0.1, 0.15) is 23.1 Å². The fourth-order valence-corrected chi connectivity index (χ4v) is 3.65. The molecule has 1 aliphatic rings. The van der Waals surface area contributed by atoms with E-state index < -0.39 is 0 Å². The van der Waals surface area contributed by atoms with Crippen LogP contribution < -0.4 is 5.32 Å². The van der Waals surface area contributed by atoms with Gasteiger partial charge >= 0.3 is 0 Å². The number of imidazole rings is 1. The first-order valence-corrected chi connectivity index (χ1v) is 9.89. The molecule has 0 radical (unpaired) electrons. The maximum Gasteiger partial charge on any atom is 0.194 e. The van der Waals surface area contributed by atoms with E-state index in [1.807, 2.05) is 32.4 Å². The second-order valence-electron chi connectivity index (χ2n) is 7.28. The van der Waals surface area contributed by atoms with Crippen LogP contribution in [0.25, 0.3) is 5.69 Å². The summed E-state index contributed by atoms with van der Waals surface area (Å²) in [7, 11) is 3.64. The van der Waals surface area contributed by atoms with Crippen molar-refractivity contribution in [2.24, 2.45) is 12.0 Å².